The molecule has 0 N–H and O–H groups in total. The van der Waals surface area contributed by atoms with E-state index in [4.69, 9.17) is 15.3 Å². The van der Waals surface area contributed by atoms with Crippen molar-refractivity contribution in [3.8, 4) is 0 Å². The number of thiophene rings is 1. The van der Waals surface area contributed by atoms with E-state index in [1.54, 1.807) is 16.2 Å². The Bertz CT molecular complexity index is 1100. The van der Waals surface area contributed by atoms with Crippen molar-refractivity contribution in [3.63, 3.8) is 0 Å². The SMILES string of the molecule is Cc1cc2c(s1)=Nc1ccccc1N(C(=O)OCN=[N+]=[N-])C=2N1CCN(C)CC1. The fourth-order valence-corrected chi connectivity index (χ4v) is 4.41. The van der Waals surface area contributed by atoms with Crippen molar-refractivity contribution < 1.29 is 9.53 Å². The van der Waals surface area contributed by atoms with Gasteiger partial charge in [0.05, 0.1) is 16.6 Å². The number of piperazine rings is 1. The first-order valence-corrected chi connectivity index (χ1v) is 10.1. The van der Waals surface area contributed by atoms with E-state index in [1.165, 1.54) is 0 Å². The smallest absolute Gasteiger partial charge is 0.420 e. The monoisotopic (exact) mass is 411 g/mol. The van der Waals surface area contributed by atoms with Crippen molar-refractivity contribution in [1.29, 1.82) is 0 Å². The zero-order valence-electron chi connectivity index (χ0n) is 16.3. The van der Waals surface area contributed by atoms with E-state index >= 15 is 0 Å². The number of carbonyl (C=O) groups excluding carboxylic acids is 1. The summed E-state index contributed by atoms with van der Waals surface area (Å²) < 4.78 is 6.14. The van der Waals surface area contributed by atoms with Crippen LogP contribution in [0.4, 0.5) is 16.2 Å². The summed E-state index contributed by atoms with van der Waals surface area (Å²) in [7, 11) is 2.09. The Morgan fingerprint density at radius 2 is 2.07 bits per heavy atom. The van der Waals surface area contributed by atoms with Crippen LogP contribution in [-0.4, -0.2) is 55.9 Å². The normalized spacial score (nSPS) is 16.3. The molecular formula is C19H21N7O2S. The number of anilines is 1. The first-order chi connectivity index (χ1) is 14.1. The number of benzene rings is 1. The Labute approximate surface area is 171 Å². The van der Waals surface area contributed by atoms with E-state index in [0.29, 0.717) is 11.4 Å². The molecule has 10 heteroatoms. The topological polar surface area (TPSA) is 97.1 Å². The largest absolute Gasteiger partial charge is 0.443 e. The molecule has 4 rings (SSSR count). The van der Waals surface area contributed by atoms with Crippen molar-refractivity contribution in [2.24, 2.45) is 10.1 Å². The minimum Gasteiger partial charge on any atom is -0.443 e. The molecular weight excluding hydrogens is 390 g/mol. The lowest BCUT2D eigenvalue weighted by Gasteiger charge is -2.38. The van der Waals surface area contributed by atoms with E-state index in [2.05, 4.69) is 32.9 Å². The first kappa shape index (κ1) is 19.3. The minimum atomic E-state index is -0.592. The van der Waals surface area contributed by atoms with Gasteiger partial charge in [0.25, 0.3) is 0 Å². The summed E-state index contributed by atoms with van der Waals surface area (Å²) in [6.45, 7) is 5.01. The van der Waals surface area contributed by atoms with Gasteiger partial charge in [-0.3, -0.25) is 0 Å². The Morgan fingerprint density at radius 1 is 1.31 bits per heavy atom. The Balaban J connectivity index is 1.91. The van der Waals surface area contributed by atoms with Crippen LogP contribution < -0.4 is 14.8 Å². The number of ether oxygens (including phenoxy) is 1. The Morgan fingerprint density at radius 3 is 2.83 bits per heavy atom. The third-order valence-corrected chi connectivity index (χ3v) is 5.87. The fourth-order valence-electron chi connectivity index (χ4n) is 3.53. The van der Waals surface area contributed by atoms with E-state index in [-0.39, 0.29) is 6.73 Å². The summed E-state index contributed by atoms with van der Waals surface area (Å²) in [5.74, 6) is 0.761. The van der Waals surface area contributed by atoms with Crippen molar-refractivity contribution >= 4 is 34.6 Å². The van der Waals surface area contributed by atoms with Gasteiger partial charge in [-0.1, -0.05) is 17.2 Å². The molecule has 2 aromatic rings. The highest BCUT2D eigenvalue weighted by atomic mass is 32.1. The molecule has 0 saturated carbocycles. The lowest BCUT2D eigenvalue weighted by atomic mass is 10.2. The number of aryl methyl sites for hydroxylation is 1. The molecule has 1 fully saturated rings. The molecule has 3 heterocycles. The van der Waals surface area contributed by atoms with Gasteiger partial charge >= 0.3 is 6.09 Å². The molecule has 2 aliphatic heterocycles. The highest BCUT2D eigenvalue weighted by molar-refractivity contribution is 7.09. The average Bonchev–Trinajstić information content (AvgIpc) is 3.01. The molecule has 0 spiro atoms. The summed E-state index contributed by atoms with van der Waals surface area (Å²) in [6.07, 6.45) is -0.592. The second-order valence-electron chi connectivity index (χ2n) is 6.90. The van der Waals surface area contributed by atoms with Gasteiger partial charge in [0.2, 0.25) is 0 Å². The number of nitrogens with zero attached hydrogens (tertiary/aromatic N) is 7. The summed E-state index contributed by atoms with van der Waals surface area (Å²) in [4.78, 5) is 27.8. The van der Waals surface area contributed by atoms with Gasteiger partial charge in [-0.05, 0) is 37.7 Å². The highest BCUT2D eigenvalue weighted by Crippen LogP contribution is 2.34. The maximum atomic E-state index is 13.1. The second kappa shape index (κ2) is 8.12. The number of amides is 1. The Hall–Kier alpha value is -3.07. The predicted molar refractivity (Wildman–Crippen MR) is 111 cm³/mol. The number of azide groups is 1. The van der Waals surface area contributed by atoms with Gasteiger partial charge < -0.3 is 14.5 Å². The molecule has 2 aliphatic rings. The number of likely N-dealkylation sites (N-methyl/N-ethyl adjacent to an activating group) is 1. The number of para-hydroxylation sites is 2. The molecule has 0 radical (unpaired) electrons. The standard InChI is InChI=1S/C19H21N7O2S/c1-13-11-14-17(29-13)22-15-5-3-4-6-16(15)26(19(27)28-12-21-23-20)18(14)25-9-7-24(2)8-10-25/h3-6,11H,7-10,12H2,1-2H3. The third kappa shape index (κ3) is 3.77. The third-order valence-electron chi connectivity index (χ3n) is 4.93. The van der Waals surface area contributed by atoms with Gasteiger partial charge in [0, 0.05) is 36.0 Å². The van der Waals surface area contributed by atoms with Gasteiger partial charge in [-0.25, -0.2) is 14.7 Å². The molecule has 1 aromatic carbocycles. The quantitative estimate of drug-likeness (QED) is 0.440. The number of hydrogen-bond acceptors (Lipinski definition) is 7. The minimum absolute atomic E-state index is 0.364. The number of hydrogen-bond donors (Lipinski definition) is 0. The number of rotatable bonds is 3. The molecule has 150 valence electrons. The Kier molecular flexibility index (Phi) is 5.39. The van der Waals surface area contributed by atoms with Crippen LogP contribution in [0.5, 0.6) is 0 Å². The summed E-state index contributed by atoms with van der Waals surface area (Å²) >= 11 is 1.60. The molecule has 1 aromatic heterocycles. The summed E-state index contributed by atoms with van der Waals surface area (Å²) in [5, 5.41) is 4.25. The van der Waals surface area contributed by atoms with E-state index in [1.807, 2.05) is 31.2 Å². The van der Waals surface area contributed by atoms with E-state index in [9.17, 15) is 4.79 Å². The zero-order chi connectivity index (χ0) is 20.4. The predicted octanol–water partition coefficient (Wildman–Crippen LogP) is 2.55. The number of carbonyl (C=O) groups is 1. The van der Waals surface area contributed by atoms with Gasteiger partial charge in [0.15, 0.2) is 6.73 Å². The van der Waals surface area contributed by atoms with Crippen LogP contribution in [-0.2, 0) is 4.74 Å². The molecule has 0 aliphatic carbocycles. The fraction of sp³-hybridized carbons (Fsp3) is 0.368. The molecule has 0 atom stereocenters. The molecule has 1 amide bonds. The van der Waals surface area contributed by atoms with Gasteiger partial charge in [-0.2, -0.15) is 0 Å². The molecule has 0 unspecified atom stereocenters. The van der Waals surface area contributed by atoms with Crippen molar-refractivity contribution in [3.05, 3.63) is 55.5 Å². The van der Waals surface area contributed by atoms with Crippen LogP contribution in [0.3, 0.4) is 0 Å². The van der Waals surface area contributed by atoms with E-state index < -0.39 is 6.09 Å². The molecule has 1 saturated heterocycles. The van der Waals surface area contributed by atoms with Crippen LogP contribution in [0.2, 0.25) is 0 Å². The first-order valence-electron chi connectivity index (χ1n) is 9.28. The molecule has 29 heavy (non-hydrogen) atoms. The van der Waals surface area contributed by atoms with E-state index in [0.717, 1.165) is 46.8 Å². The van der Waals surface area contributed by atoms with Crippen LogP contribution in [0.25, 0.3) is 16.3 Å². The van der Waals surface area contributed by atoms with Gasteiger partial charge in [-0.15, -0.1) is 11.3 Å². The van der Waals surface area contributed by atoms with Crippen LogP contribution in [0.15, 0.2) is 40.4 Å². The summed E-state index contributed by atoms with van der Waals surface area (Å²) in [5.41, 5.74) is 9.87. The highest BCUT2D eigenvalue weighted by Gasteiger charge is 2.32. The van der Waals surface area contributed by atoms with Crippen molar-refractivity contribution in [1.82, 2.24) is 9.80 Å². The van der Waals surface area contributed by atoms with Crippen molar-refractivity contribution in [2.75, 3.05) is 44.9 Å². The maximum absolute atomic E-state index is 13.1. The zero-order valence-corrected chi connectivity index (χ0v) is 17.1. The lowest BCUT2D eigenvalue weighted by molar-refractivity contribution is 0.156. The second-order valence-corrected chi connectivity index (χ2v) is 8.13. The molecule has 9 nitrogen and oxygen atoms in total. The lowest BCUT2D eigenvalue weighted by Crippen LogP contribution is -2.51. The van der Waals surface area contributed by atoms with Crippen LogP contribution >= 0.6 is 11.3 Å². The van der Waals surface area contributed by atoms with Gasteiger partial charge in [0.1, 0.15) is 10.5 Å². The average molecular weight is 411 g/mol. The van der Waals surface area contributed by atoms with Crippen LogP contribution in [0, 0.1) is 6.92 Å². The summed E-state index contributed by atoms with van der Waals surface area (Å²) in [6, 6.07) is 9.57. The van der Waals surface area contributed by atoms with Crippen LogP contribution in [0.1, 0.15) is 4.88 Å². The maximum Gasteiger partial charge on any atom is 0.420 e. The van der Waals surface area contributed by atoms with Crippen molar-refractivity contribution in [2.45, 2.75) is 6.92 Å². The number of fused-ring (bicyclic) bond motifs is 2. The molecule has 0 bridgehead atoms.